The molecule has 2 aliphatic rings. The van der Waals surface area contributed by atoms with E-state index < -0.39 is 67.4 Å². The van der Waals surface area contributed by atoms with Gasteiger partial charge in [-0.05, 0) is 6.92 Å². The van der Waals surface area contributed by atoms with Crippen LogP contribution in [0.5, 0.6) is 0 Å². The molecule has 0 saturated carbocycles. The average Bonchev–Trinajstić information content (AvgIpc) is 2.61. The Hall–Kier alpha value is -0.890. The van der Waals surface area contributed by atoms with Crippen LogP contribution in [0.25, 0.3) is 0 Å². The Labute approximate surface area is 150 Å². The van der Waals surface area contributed by atoms with E-state index in [2.05, 4.69) is 4.74 Å². The summed E-state index contributed by atoms with van der Waals surface area (Å²) in [6, 6.07) is 0. The molecule has 11 heteroatoms. The molecule has 26 heavy (non-hydrogen) atoms. The maximum atomic E-state index is 11.9. The number of aliphatic hydroxyl groups excluding tert-OH is 4. The summed E-state index contributed by atoms with van der Waals surface area (Å²) in [6.07, 6.45) is -12.8. The minimum atomic E-state index is -1.80. The first kappa shape index (κ1) is 21.4. The summed E-state index contributed by atoms with van der Waals surface area (Å²) in [6.45, 7) is 1.64. The highest BCUT2D eigenvalue weighted by molar-refractivity contribution is 5.75. The monoisotopic (exact) mass is 382 g/mol. The van der Waals surface area contributed by atoms with Gasteiger partial charge in [0.25, 0.3) is 0 Å². The van der Waals surface area contributed by atoms with Crippen LogP contribution >= 0.6 is 0 Å². The number of carbonyl (C=O) groups is 1. The van der Waals surface area contributed by atoms with E-state index in [0.29, 0.717) is 0 Å². The zero-order valence-corrected chi connectivity index (χ0v) is 14.9. The van der Waals surface area contributed by atoms with Crippen LogP contribution in [0, 0.1) is 0 Å². The molecule has 2 fully saturated rings. The number of aliphatic hydroxyl groups is 4. The predicted octanol–water partition coefficient (Wildman–Crippen LogP) is -2.88. The van der Waals surface area contributed by atoms with Crippen LogP contribution in [0.3, 0.4) is 0 Å². The molecule has 1 unspecified atom stereocenters. The highest BCUT2D eigenvalue weighted by atomic mass is 16.7. The maximum absolute atomic E-state index is 11.9. The minimum absolute atomic E-state index is 0.597. The second-order valence-corrected chi connectivity index (χ2v) is 6.15. The summed E-state index contributed by atoms with van der Waals surface area (Å²) in [4.78, 5) is 11.9. The molecule has 2 aliphatic heterocycles. The lowest BCUT2D eigenvalue weighted by Gasteiger charge is -2.46. The molecule has 0 aromatic rings. The lowest BCUT2D eigenvalue weighted by Crippen LogP contribution is -2.65. The molecule has 2 rings (SSSR count). The Morgan fingerprint density at radius 3 is 2.00 bits per heavy atom. The van der Waals surface area contributed by atoms with Crippen LogP contribution in [0.2, 0.25) is 0 Å². The molecule has 0 radical (unpaired) electrons. The summed E-state index contributed by atoms with van der Waals surface area (Å²) in [5, 5.41) is 40.1. The van der Waals surface area contributed by atoms with Crippen LogP contribution < -0.4 is 0 Å². The molecular weight excluding hydrogens is 356 g/mol. The van der Waals surface area contributed by atoms with E-state index >= 15 is 0 Å². The van der Waals surface area contributed by atoms with Crippen molar-refractivity contribution in [3.05, 3.63) is 0 Å². The first-order valence-corrected chi connectivity index (χ1v) is 8.08. The van der Waals surface area contributed by atoms with Gasteiger partial charge in [0.1, 0.15) is 36.6 Å². The molecular formula is C15H26O11. The number of esters is 1. The molecule has 2 saturated heterocycles. The Morgan fingerprint density at radius 1 is 0.846 bits per heavy atom. The van der Waals surface area contributed by atoms with Gasteiger partial charge in [0.15, 0.2) is 18.7 Å². The largest absolute Gasteiger partial charge is 0.467 e. The summed E-state index contributed by atoms with van der Waals surface area (Å²) in [5.74, 6) is -0.923. The fourth-order valence-corrected chi connectivity index (χ4v) is 3.15. The standard InChI is InChI=1S/C15H26O11/c1-5-9(21-2)8(18)11(22-3)15(24-5)26-10-6(16)7(17)13(19)25-12(10)14(20)23-4/h5-13,15-19H,1-4H3/t5-,6+,7+,8+,9+,10-,11-,12-,13?,15-/m0/s1. The van der Waals surface area contributed by atoms with Gasteiger partial charge in [-0.25, -0.2) is 4.79 Å². The maximum Gasteiger partial charge on any atom is 0.337 e. The fourth-order valence-electron chi connectivity index (χ4n) is 3.15. The van der Waals surface area contributed by atoms with E-state index in [1.807, 2.05) is 0 Å². The van der Waals surface area contributed by atoms with Crippen LogP contribution in [-0.2, 0) is 33.2 Å². The average molecular weight is 382 g/mol. The number of methoxy groups -OCH3 is 3. The van der Waals surface area contributed by atoms with Gasteiger partial charge in [0.2, 0.25) is 0 Å². The zero-order valence-electron chi connectivity index (χ0n) is 14.9. The van der Waals surface area contributed by atoms with E-state index in [0.717, 1.165) is 7.11 Å². The molecule has 0 aromatic carbocycles. The van der Waals surface area contributed by atoms with Gasteiger partial charge >= 0.3 is 5.97 Å². The normalized spacial score (nSPS) is 46.8. The van der Waals surface area contributed by atoms with Crippen molar-refractivity contribution in [2.24, 2.45) is 0 Å². The fraction of sp³-hybridized carbons (Fsp3) is 0.933. The number of hydrogen-bond acceptors (Lipinski definition) is 11. The Bertz CT molecular complexity index is 475. The molecule has 0 bridgehead atoms. The quantitative estimate of drug-likeness (QED) is 0.363. The number of ether oxygens (including phenoxy) is 6. The number of rotatable bonds is 5. The molecule has 0 aliphatic carbocycles. The minimum Gasteiger partial charge on any atom is -0.467 e. The number of hydrogen-bond donors (Lipinski definition) is 4. The SMILES string of the molecule is COC(=O)[C@H]1OC(O)[C@H](O)[C@@H](O)[C@@H]1O[C@@H]1O[C@@H](C)[C@@H](OC)[C@@H](O)[C@@H]1OC. The van der Waals surface area contributed by atoms with Crippen molar-refractivity contribution in [3.8, 4) is 0 Å². The second kappa shape index (κ2) is 8.87. The third-order valence-electron chi connectivity index (χ3n) is 4.59. The van der Waals surface area contributed by atoms with Crippen molar-refractivity contribution < 1.29 is 53.6 Å². The summed E-state index contributed by atoms with van der Waals surface area (Å²) in [7, 11) is 3.82. The van der Waals surface area contributed by atoms with Gasteiger partial charge in [-0.3, -0.25) is 0 Å². The Morgan fingerprint density at radius 2 is 1.46 bits per heavy atom. The van der Waals surface area contributed by atoms with Gasteiger partial charge in [-0.2, -0.15) is 0 Å². The smallest absolute Gasteiger partial charge is 0.337 e. The first-order chi connectivity index (χ1) is 12.3. The van der Waals surface area contributed by atoms with Gasteiger partial charge in [0.05, 0.1) is 13.2 Å². The van der Waals surface area contributed by atoms with E-state index in [1.54, 1.807) is 6.92 Å². The molecule has 0 aromatic heterocycles. The van der Waals surface area contributed by atoms with Crippen molar-refractivity contribution in [3.63, 3.8) is 0 Å². The lowest BCUT2D eigenvalue weighted by atomic mass is 9.97. The van der Waals surface area contributed by atoms with Gasteiger partial charge < -0.3 is 48.8 Å². The molecule has 0 spiro atoms. The van der Waals surface area contributed by atoms with Crippen LogP contribution in [0.4, 0.5) is 0 Å². The van der Waals surface area contributed by atoms with Crippen LogP contribution in [0.15, 0.2) is 0 Å². The molecule has 10 atom stereocenters. The molecule has 4 N–H and O–H groups in total. The van der Waals surface area contributed by atoms with Gasteiger partial charge in [0, 0.05) is 14.2 Å². The molecule has 2 heterocycles. The molecule has 11 nitrogen and oxygen atoms in total. The lowest BCUT2D eigenvalue weighted by molar-refractivity contribution is -0.350. The van der Waals surface area contributed by atoms with Gasteiger partial charge in [-0.1, -0.05) is 0 Å². The van der Waals surface area contributed by atoms with Crippen molar-refractivity contribution in [1.29, 1.82) is 0 Å². The van der Waals surface area contributed by atoms with E-state index in [4.69, 9.17) is 23.7 Å². The van der Waals surface area contributed by atoms with E-state index in [-0.39, 0.29) is 0 Å². The predicted molar refractivity (Wildman–Crippen MR) is 81.7 cm³/mol. The van der Waals surface area contributed by atoms with Gasteiger partial charge in [-0.15, -0.1) is 0 Å². The topological polar surface area (TPSA) is 153 Å². The van der Waals surface area contributed by atoms with Crippen molar-refractivity contribution in [2.45, 2.75) is 68.3 Å². The third kappa shape index (κ3) is 4.01. The van der Waals surface area contributed by atoms with E-state index in [9.17, 15) is 25.2 Å². The Balaban J connectivity index is 2.22. The van der Waals surface area contributed by atoms with Crippen LogP contribution in [0.1, 0.15) is 6.92 Å². The second-order valence-electron chi connectivity index (χ2n) is 6.15. The van der Waals surface area contributed by atoms with Crippen molar-refractivity contribution in [2.75, 3.05) is 21.3 Å². The zero-order chi connectivity index (χ0) is 19.6. The molecule has 152 valence electrons. The molecule has 0 amide bonds. The summed E-state index contributed by atoms with van der Waals surface area (Å²) in [5.41, 5.74) is 0. The number of carbonyl (C=O) groups excluding carboxylic acids is 1. The van der Waals surface area contributed by atoms with E-state index in [1.165, 1.54) is 14.2 Å². The van der Waals surface area contributed by atoms with Crippen molar-refractivity contribution >= 4 is 5.97 Å². The highest BCUT2D eigenvalue weighted by Gasteiger charge is 2.52. The summed E-state index contributed by atoms with van der Waals surface area (Å²) >= 11 is 0. The third-order valence-corrected chi connectivity index (χ3v) is 4.59. The Kier molecular flexibility index (Phi) is 7.30. The first-order valence-electron chi connectivity index (χ1n) is 8.08. The van der Waals surface area contributed by atoms with Crippen molar-refractivity contribution in [1.82, 2.24) is 0 Å². The van der Waals surface area contributed by atoms with Crippen LogP contribution in [-0.4, -0.2) is 109 Å². The summed E-state index contributed by atoms with van der Waals surface area (Å²) < 4.78 is 31.3. The highest BCUT2D eigenvalue weighted by Crippen LogP contribution is 2.30.